The van der Waals surface area contributed by atoms with E-state index in [0.717, 1.165) is 13.0 Å². The molecule has 3 N–H and O–H groups in total. The van der Waals surface area contributed by atoms with Crippen LogP contribution in [0.2, 0.25) is 0 Å². The van der Waals surface area contributed by atoms with E-state index in [2.05, 4.69) is 30.8 Å². The fraction of sp³-hybridized carbons (Fsp3) is 0.263. The third-order valence-electron chi connectivity index (χ3n) is 3.95. The van der Waals surface area contributed by atoms with Crippen LogP contribution in [0.15, 0.2) is 30.6 Å². The smallest absolute Gasteiger partial charge is 0.158 e. The van der Waals surface area contributed by atoms with Crippen molar-refractivity contribution in [2.24, 2.45) is 0 Å². The molecule has 0 saturated carbocycles. The number of hydrogen-bond acceptors (Lipinski definition) is 8. The summed E-state index contributed by atoms with van der Waals surface area (Å²) < 4.78 is 25.1. The van der Waals surface area contributed by atoms with Gasteiger partial charge in [0.15, 0.2) is 11.5 Å². The fourth-order valence-electron chi connectivity index (χ4n) is 2.62. The molecule has 0 aliphatic heterocycles. The number of hydrogen-bond donors (Lipinski definition) is 3. The Labute approximate surface area is 166 Å². The predicted molar refractivity (Wildman–Crippen MR) is 105 cm³/mol. The summed E-state index contributed by atoms with van der Waals surface area (Å²) >= 11 is 0. The number of aromatic nitrogens is 4. The number of methoxy groups -OCH3 is 1. The third kappa shape index (κ3) is 4.97. The fourth-order valence-corrected chi connectivity index (χ4v) is 2.62. The Bertz CT molecular complexity index is 999. The van der Waals surface area contributed by atoms with Crippen LogP contribution in [0, 0.1) is 17.1 Å². The maximum atomic E-state index is 14.0. The molecule has 0 fully saturated rings. The highest BCUT2D eigenvalue weighted by atomic mass is 19.1. The Hall–Kier alpha value is -3.71. The van der Waals surface area contributed by atoms with E-state index in [9.17, 15) is 4.39 Å². The molecule has 9 nitrogen and oxygen atoms in total. The lowest BCUT2D eigenvalue weighted by Crippen LogP contribution is -2.12. The molecule has 0 atom stereocenters. The molecular weight excluding hydrogens is 377 g/mol. The van der Waals surface area contributed by atoms with E-state index < -0.39 is 5.82 Å². The van der Waals surface area contributed by atoms with Crippen molar-refractivity contribution in [1.82, 2.24) is 25.5 Å². The molecule has 3 aromatic rings. The second kappa shape index (κ2) is 9.48. The van der Waals surface area contributed by atoms with Gasteiger partial charge in [-0.05, 0) is 20.0 Å². The lowest BCUT2D eigenvalue weighted by Gasteiger charge is -2.14. The standard InChI is InChI=1S/C19H20FN7O2/c1-22-4-3-5-29-16-7-12(20)6-15(28-2)19(16)14-8-17(27-26-14)25-18-11-23-13(9-21)10-24-18/h6-8,10-11,22H,3-5H2,1-2H3,(H2,24,25,26,27). The Morgan fingerprint density at radius 3 is 2.69 bits per heavy atom. The normalized spacial score (nSPS) is 10.4. The van der Waals surface area contributed by atoms with Crippen molar-refractivity contribution < 1.29 is 13.9 Å². The quantitative estimate of drug-likeness (QED) is 0.471. The van der Waals surface area contributed by atoms with Gasteiger partial charge >= 0.3 is 0 Å². The van der Waals surface area contributed by atoms with Gasteiger partial charge in [-0.25, -0.2) is 14.4 Å². The average molecular weight is 397 g/mol. The molecule has 0 spiro atoms. The number of rotatable bonds is 9. The average Bonchev–Trinajstić information content (AvgIpc) is 3.19. The van der Waals surface area contributed by atoms with Gasteiger partial charge < -0.3 is 20.1 Å². The number of nitrogens with one attached hydrogen (secondary N) is 3. The maximum Gasteiger partial charge on any atom is 0.158 e. The molecule has 0 unspecified atom stereocenters. The number of H-pyrrole nitrogens is 1. The highest BCUT2D eigenvalue weighted by Gasteiger charge is 2.18. The molecule has 3 rings (SSSR count). The van der Waals surface area contributed by atoms with Gasteiger partial charge in [-0.15, -0.1) is 0 Å². The molecule has 1 aromatic carbocycles. The number of nitrogens with zero attached hydrogens (tertiary/aromatic N) is 4. The highest BCUT2D eigenvalue weighted by molar-refractivity contribution is 5.76. The molecule has 0 aliphatic carbocycles. The molecule has 0 bridgehead atoms. The van der Waals surface area contributed by atoms with Gasteiger partial charge in [0.1, 0.15) is 29.2 Å². The van der Waals surface area contributed by atoms with E-state index in [1.54, 1.807) is 6.07 Å². The summed E-state index contributed by atoms with van der Waals surface area (Å²) in [6.07, 6.45) is 3.56. The van der Waals surface area contributed by atoms with Gasteiger partial charge in [-0.1, -0.05) is 0 Å². The SMILES string of the molecule is CNCCCOc1cc(F)cc(OC)c1-c1cc(Nc2cnc(C#N)cn2)n[nH]1. The minimum absolute atomic E-state index is 0.217. The zero-order chi connectivity index (χ0) is 20.6. The van der Waals surface area contributed by atoms with Crippen LogP contribution in [0.25, 0.3) is 11.3 Å². The molecule has 10 heteroatoms. The Balaban J connectivity index is 1.86. The Morgan fingerprint density at radius 1 is 1.17 bits per heavy atom. The van der Waals surface area contributed by atoms with Crippen LogP contribution in [0.1, 0.15) is 12.1 Å². The van der Waals surface area contributed by atoms with E-state index in [4.69, 9.17) is 14.7 Å². The molecule has 2 heterocycles. The van der Waals surface area contributed by atoms with Crippen molar-refractivity contribution in [3.8, 4) is 28.8 Å². The van der Waals surface area contributed by atoms with Gasteiger partial charge in [-0.2, -0.15) is 10.4 Å². The van der Waals surface area contributed by atoms with E-state index in [1.807, 2.05) is 13.1 Å². The van der Waals surface area contributed by atoms with Crippen molar-refractivity contribution in [2.75, 3.05) is 32.6 Å². The van der Waals surface area contributed by atoms with E-state index in [1.165, 1.54) is 31.6 Å². The highest BCUT2D eigenvalue weighted by Crippen LogP contribution is 2.39. The largest absolute Gasteiger partial charge is 0.496 e. The van der Waals surface area contributed by atoms with Gasteiger partial charge in [0, 0.05) is 18.2 Å². The summed E-state index contributed by atoms with van der Waals surface area (Å²) in [4.78, 5) is 8.04. The van der Waals surface area contributed by atoms with Crippen LogP contribution in [-0.4, -0.2) is 47.5 Å². The van der Waals surface area contributed by atoms with Crippen molar-refractivity contribution in [2.45, 2.75) is 6.42 Å². The number of halogens is 1. The lowest BCUT2D eigenvalue weighted by molar-refractivity contribution is 0.307. The molecule has 0 amide bonds. The number of aromatic amines is 1. The molecule has 29 heavy (non-hydrogen) atoms. The molecular formula is C19H20FN7O2. The summed E-state index contributed by atoms with van der Waals surface area (Å²) in [7, 11) is 3.32. The third-order valence-corrected chi connectivity index (χ3v) is 3.95. The predicted octanol–water partition coefficient (Wildman–Crippen LogP) is 2.62. The second-order valence-electron chi connectivity index (χ2n) is 5.98. The first-order valence-corrected chi connectivity index (χ1v) is 8.84. The molecule has 150 valence electrons. The zero-order valence-electron chi connectivity index (χ0n) is 16.0. The first kappa shape index (κ1) is 20.0. The summed E-state index contributed by atoms with van der Waals surface area (Å²) in [6, 6.07) is 6.23. The first-order chi connectivity index (χ1) is 14.1. The lowest BCUT2D eigenvalue weighted by atomic mass is 10.1. The van der Waals surface area contributed by atoms with Crippen LogP contribution in [0.3, 0.4) is 0 Å². The first-order valence-electron chi connectivity index (χ1n) is 8.84. The zero-order valence-corrected chi connectivity index (χ0v) is 16.0. The van der Waals surface area contributed by atoms with Crippen LogP contribution >= 0.6 is 0 Å². The van der Waals surface area contributed by atoms with Gasteiger partial charge in [-0.3, -0.25) is 5.10 Å². The molecule has 0 radical (unpaired) electrons. The molecule has 2 aromatic heterocycles. The van der Waals surface area contributed by atoms with Crippen molar-refractivity contribution in [3.63, 3.8) is 0 Å². The van der Waals surface area contributed by atoms with Gasteiger partial charge in [0.05, 0.1) is 37.4 Å². The van der Waals surface area contributed by atoms with Crippen molar-refractivity contribution >= 4 is 11.6 Å². The summed E-state index contributed by atoms with van der Waals surface area (Å²) in [6.45, 7) is 1.20. The number of ether oxygens (including phenoxy) is 2. The topological polar surface area (TPSA) is 121 Å². The van der Waals surface area contributed by atoms with Crippen LogP contribution < -0.4 is 20.1 Å². The van der Waals surface area contributed by atoms with Crippen LogP contribution in [0.4, 0.5) is 16.0 Å². The van der Waals surface area contributed by atoms with Crippen molar-refractivity contribution in [3.05, 3.63) is 42.1 Å². The van der Waals surface area contributed by atoms with E-state index in [0.29, 0.717) is 41.0 Å². The molecule has 0 saturated heterocycles. The maximum absolute atomic E-state index is 14.0. The van der Waals surface area contributed by atoms with Crippen molar-refractivity contribution in [1.29, 1.82) is 5.26 Å². The number of benzene rings is 1. The van der Waals surface area contributed by atoms with Crippen LogP contribution in [-0.2, 0) is 0 Å². The summed E-state index contributed by atoms with van der Waals surface area (Å²) in [5, 5.41) is 21.9. The van der Waals surface area contributed by atoms with Crippen LogP contribution in [0.5, 0.6) is 11.5 Å². The van der Waals surface area contributed by atoms with Gasteiger partial charge in [0.2, 0.25) is 0 Å². The Kier molecular flexibility index (Phi) is 6.55. The second-order valence-corrected chi connectivity index (χ2v) is 5.98. The van der Waals surface area contributed by atoms with Gasteiger partial charge in [0.25, 0.3) is 0 Å². The van der Waals surface area contributed by atoms with E-state index >= 15 is 0 Å². The Morgan fingerprint density at radius 2 is 2.00 bits per heavy atom. The number of nitriles is 1. The monoisotopic (exact) mass is 397 g/mol. The minimum Gasteiger partial charge on any atom is -0.496 e. The molecule has 0 aliphatic rings. The summed E-state index contributed by atoms with van der Waals surface area (Å²) in [5.41, 5.74) is 1.36. The summed E-state index contributed by atoms with van der Waals surface area (Å²) in [5.74, 6) is 1.11. The number of anilines is 2. The van der Waals surface area contributed by atoms with E-state index in [-0.39, 0.29) is 5.69 Å². The minimum atomic E-state index is -0.458.